The van der Waals surface area contributed by atoms with Crippen LogP contribution in [0.2, 0.25) is 0 Å². The van der Waals surface area contributed by atoms with Gasteiger partial charge >= 0.3 is 0 Å². The molecular weight excluding hydrogens is 536 g/mol. The first-order valence-corrected chi connectivity index (χ1v) is 17.4. The molecule has 1 atom stereocenters. The molecule has 41 heavy (non-hydrogen) atoms. The quantitative estimate of drug-likeness (QED) is 0.249. The fourth-order valence-corrected chi connectivity index (χ4v) is 7.33. The van der Waals surface area contributed by atoms with Gasteiger partial charge in [-0.05, 0) is 94.6 Å². The topological polar surface area (TPSA) is 94.4 Å². The van der Waals surface area contributed by atoms with Crippen LogP contribution in [0, 0.1) is 11.8 Å². The van der Waals surface area contributed by atoms with Crippen LogP contribution in [0.4, 0.5) is 0 Å². The lowest BCUT2D eigenvalue weighted by Gasteiger charge is -2.28. The first-order chi connectivity index (χ1) is 19.8. The minimum Gasteiger partial charge on any atom is -0.493 e. The number of rotatable bonds is 13. The predicted molar refractivity (Wildman–Crippen MR) is 162 cm³/mol. The molecule has 3 aromatic rings. The number of carbonyl (C=O) groups excluding carboxylic acids is 1. The number of hydrogen-bond acceptors (Lipinski definition) is 7. The van der Waals surface area contributed by atoms with Gasteiger partial charge in [0.15, 0.2) is 0 Å². The molecule has 1 aliphatic carbocycles. The zero-order valence-corrected chi connectivity index (χ0v) is 25.3. The summed E-state index contributed by atoms with van der Waals surface area (Å²) >= 11 is 0. The van der Waals surface area contributed by atoms with Crippen LogP contribution in [0.1, 0.15) is 70.5 Å². The second-order valence-electron chi connectivity index (χ2n) is 11.9. The Kier molecular flexibility index (Phi) is 9.75. The third-order valence-electron chi connectivity index (χ3n) is 8.95. The summed E-state index contributed by atoms with van der Waals surface area (Å²) in [5, 5.41) is 0.963. The lowest BCUT2D eigenvalue weighted by molar-refractivity contribution is -0.124. The highest BCUT2D eigenvalue weighted by Crippen LogP contribution is 2.33. The van der Waals surface area contributed by atoms with Crippen LogP contribution in [-0.4, -0.2) is 71.4 Å². The molecule has 1 aliphatic heterocycles. The summed E-state index contributed by atoms with van der Waals surface area (Å²) < 4.78 is 30.8. The molecule has 0 bridgehead atoms. The molecule has 2 fully saturated rings. The first kappa shape index (κ1) is 29.7. The van der Waals surface area contributed by atoms with Crippen molar-refractivity contribution in [2.24, 2.45) is 11.8 Å². The van der Waals surface area contributed by atoms with E-state index in [2.05, 4.69) is 16.8 Å². The van der Waals surface area contributed by atoms with Crippen molar-refractivity contribution in [3.05, 3.63) is 48.5 Å². The highest BCUT2D eigenvalue weighted by atomic mass is 32.2. The molecule has 0 radical (unpaired) electrons. The van der Waals surface area contributed by atoms with E-state index in [1.54, 1.807) is 0 Å². The predicted octanol–water partition coefficient (Wildman–Crippen LogP) is 5.42. The molecule has 9 heteroatoms. The number of ether oxygens (including phenoxy) is 1. The Morgan fingerprint density at radius 2 is 1.93 bits per heavy atom. The van der Waals surface area contributed by atoms with E-state index in [0.717, 1.165) is 79.8 Å². The van der Waals surface area contributed by atoms with Gasteiger partial charge in [0.05, 0.1) is 17.9 Å². The highest BCUT2D eigenvalue weighted by Gasteiger charge is 2.29. The molecule has 0 amide bonds. The molecular formula is C32H44N4O4S. The number of benzene rings is 1. The van der Waals surface area contributed by atoms with Crippen molar-refractivity contribution in [1.82, 2.24) is 19.4 Å². The maximum atomic E-state index is 13.0. The number of carbonyl (C=O) groups is 1. The van der Waals surface area contributed by atoms with Crippen LogP contribution in [-0.2, 0) is 21.1 Å². The van der Waals surface area contributed by atoms with Crippen molar-refractivity contribution in [2.45, 2.75) is 77.2 Å². The maximum Gasteiger partial charge on any atom is 0.147 e. The number of likely N-dealkylation sites (tertiary alicyclic amines) is 1. The molecule has 8 nitrogen and oxygen atoms in total. The minimum absolute atomic E-state index is 0.115. The first-order valence-electron chi connectivity index (χ1n) is 15.3. The number of aromatic nitrogens is 3. The molecule has 0 spiro atoms. The summed E-state index contributed by atoms with van der Waals surface area (Å²) in [5.74, 6) is 3.72. The van der Waals surface area contributed by atoms with Gasteiger partial charge in [0, 0.05) is 48.8 Å². The Morgan fingerprint density at radius 1 is 1.10 bits per heavy atom. The number of fused-ring (bicyclic) bond motifs is 1. The average molecular weight is 581 g/mol. The van der Waals surface area contributed by atoms with Crippen LogP contribution >= 0.6 is 0 Å². The molecule has 222 valence electrons. The van der Waals surface area contributed by atoms with E-state index in [-0.39, 0.29) is 11.7 Å². The van der Waals surface area contributed by atoms with Gasteiger partial charge in [0.2, 0.25) is 0 Å². The molecule has 1 unspecified atom stereocenters. The van der Waals surface area contributed by atoms with E-state index >= 15 is 0 Å². The van der Waals surface area contributed by atoms with E-state index in [9.17, 15) is 13.2 Å². The number of sulfone groups is 1. The van der Waals surface area contributed by atoms with Gasteiger partial charge in [-0.15, -0.1) is 0 Å². The Hall–Kier alpha value is -2.78. The standard InChI is InChI=1S/C32H44N4O4S/c1-3-35-19-5-7-26(35)14-15-29(37)25-12-10-24(11-13-25)23-31-33-18-16-32(34-31)36-20-17-27-28(36)8-4-9-30(27)40-21-6-22-41(2,38)39/h4,8-9,16-18,20,24-26H,3,5-7,10-15,19,21-23H2,1-2H3. The van der Waals surface area contributed by atoms with E-state index in [4.69, 9.17) is 9.72 Å². The Labute approximate surface area is 244 Å². The SMILES string of the molecule is CCN1CCCC1CCC(=O)C1CCC(Cc2nccc(-n3ccc4c(OCCCS(C)(=O)=O)cccc43)n2)CC1. The van der Waals surface area contributed by atoms with Crippen LogP contribution < -0.4 is 4.74 Å². The summed E-state index contributed by atoms with van der Waals surface area (Å²) in [6.45, 7) is 4.86. The Bertz CT molecular complexity index is 1430. The van der Waals surface area contributed by atoms with Crippen molar-refractivity contribution in [1.29, 1.82) is 0 Å². The summed E-state index contributed by atoms with van der Waals surface area (Å²) in [4.78, 5) is 25.0. The monoisotopic (exact) mass is 580 g/mol. The van der Waals surface area contributed by atoms with Gasteiger partial charge in [-0.3, -0.25) is 4.79 Å². The van der Waals surface area contributed by atoms with Gasteiger partial charge in [-0.1, -0.05) is 13.0 Å². The summed E-state index contributed by atoms with van der Waals surface area (Å²) in [7, 11) is -3.00. The van der Waals surface area contributed by atoms with E-state index in [1.807, 2.05) is 47.3 Å². The zero-order chi connectivity index (χ0) is 28.8. The van der Waals surface area contributed by atoms with Crippen LogP contribution in [0.15, 0.2) is 42.7 Å². The molecule has 3 heterocycles. The Balaban J connectivity index is 1.15. The van der Waals surface area contributed by atoms with E-state index < -0.39 is 9.84 Å². The van der Waals surface area contributed by atoms with Crippen LogP contribution in [0.5, 0.6) is 5.75 Å². The highest BCUT2D eigenvalue weighted by molar-refractivity contribution is 7.90. The van der Waals surface area contributed by atoms with Crippen LogP contribution in [0.3, 0.4) is 0 Å². The third-order valence-corrected chi connectivity index (χ3v) is 9.98. The van der Waals surface area contributed by atoms with E-state index in [0.29, 0.717) is 30.8 Å². The molecule has 0 N–H and O–H groups in total. The van der Waals surface area contributed by atoms with Crippen molar-refractivity contribution < 1.29 is 17.9 Å². The molecule has 2 aliphatic rings. The van der Waals surface area contributed by atoms with E-state index in [1.165, 1.54) is 25.6 Å². The maximum absolute atomic E-state index is 13.0. The summed E-state index contributed by atoms with van der Waals surface area (Å²) in [6.07, 6.45) is 14.7. The Morgan fingerprint density at radius 3 is 2.71 bits per heavy atom. The lowest BCUT2D eigenvalue weighted by atomic mass is 9.77. The van der Waals surface area contributed by atoms with Gasteiger partial charge in [-0.2, -0.15) is 0 Å². The van der Waals surface area contributed by atoms with Crippen molar-refractivity contribution in [3.63, 3.8) is 0 Å². The molecule has 1 saturated heterocycles. The second kappa shape index (κ2) is 13.5. The molecule has 2 aromatic heterocycles. The number of Topliss-reactive ketones (excluding diaryl/α,β-unsaturated/α-hetero) is 1. The number of hydrogen-bond donors (Lipinski definition) is 0. The molecule has 5 rings (SSSR count). The van der Waals surface area contributed by atoms with Gasteiger partial charge in [0.25, 0.3) is 0 Å². The lowest BCUT2D eigenvalue weighted by Crippen LogP contribution is -2.30. The van der Waals surface area contributed by atoms with Gasteiger partial charge < -0.3 is 14.2 Å². The third kappa shape index (κ3) is 7.74. The normalized spacial score (nSPS) is 21.9. The van der Waals surface area contributed by atoms with Crippen molar-refractivity contribution in [3.8, 4) is 11.6 Å². The number of ketones is 1. The largest absolute Gasteiger partial charge is 0.493 e. The zero-order valence-electron chi connectivity index (χ0n) is 24.5. The molecule has 1 saturated carbocycles. The summed E-state index contributed by atoms with van der Waals surface area (Å²) in [6, 6.07) is 10.4. The summed E-state index contributed by atoms with van der Waals surface area (Å²) in [5.41, 5.74) is 0.981. The smallest absolute Gasteiger partial charge is 0.147 e. The van der Waals surface area contributed by atoms with Crippen molar-refractivity contribution in [2.75, 3.05) is 31.7 Å². The fraction of sp³-hybridized carbons (Fsp3) is 0.594. The fourth-order valence-electron chi connectivity index (χ4n) is 6.69. The molecule has 1 aromatic carbocycles. The minimum atomic E-state index is -3.00. The average Bonchev–Trinajstić information content (AvgIpc) is 3.61. The van der Waals surface area contributed by atoms with Gasteiger partial charge in [0.1, 0.15) is 33.0 Å². The van der Waals surface area contributed by atoms with Gasteiger partial charge in [-0.25, -0.2) is 18.4 Å². The number of nitrogens with zero attached hydrogens (tertiary/aromatic N) is 4. The van der Waals surface area contributed by atoms with Crippen LogP contribution in [0.25, 0.3) is 16.7 Å². The second-order valence-corrected chi connectivity index (χ2v) is 14.1. The van der Waals surface area contributed by atoms with Crippen molar-refractivity contribution >= 4 is 26.5 Å².